The van der Waals surface area contributed by atoms with Crippen LogP contribution in [0.25, 0.3) is 0 Å². The molecule has 0 fully saturated rings. The Balaban J connectivity index is 3.25. The molecule has 5 heteroatoms. The number of unbranched alkanes of at least 4 members (excludes halogenated alkanes) is 1. The van der Waals surface area contributed by atoms with E-state index < -0.39 is 10.2 Å². The van der Waals surface area contributed by atoms with Crippen LogP contribution in [-0.2, 0) is 6.42 Å². The largest absolute Gasteiger partial charge is 0.276 e. The van der Waals surface area contributed by atoms with Gasteiger partial charge in [-0.1, -0.05) is 13.3 Å². The Morgan fingerprint density at radius 2 is 2.12 bits per heavy atom. The van der Waals surface area contributed by atoms with Gasteiger partial charge in [-0.2, -0.15) is 0 Å². The first kappa shape index (κ1) is 13.6. The molecule has 0 aromatic heterocycles. The van der Waals surface area contributed by atoms with Crippen LogP contribution in [-0.4, -0.2) is 10.2 Å². The fraction of sp³-hybridized carbons (Fsp3) is 0.417. The zero-order chi connectivity index (χ0) is 13.0. The number of nitrogens with zero attached hydrogens (tertiary/aromatic N) is 1. The number of aryl methyl sites for hydroxylation is 2. The summed E-state index contributed by atoms with van der Waals surface area (Å²) in [6.07, 6.45) is 2.49. The third-order valence-electron chi connectivity index (χ3n) is 2.63. The van der Waals surface area contributed by atoms with Gasteiger partial charge in [-0.05, 0) is 43.0 Å². The van der Waals surface area contributed by atoms with Gasteiger partial charge in [0, 0.05) is 17.2 Å². The zero-order valence-corrected chi connectivity index (χ0v) is 10.6. The van der Waals surface area contributed by atoms with Crippen molar-refractivity contribution in [3.8, 4) is 0 Å². The molecule has 17 heavy (non-hydrogen) atoms. The molecule has 1 rings (SSSR count). The van der Waals surface area contributed by atoms with Gasteiger partial charge >= 0.3 is 0 Å². The summed E-state index contributed by atoms with van der Waals surface area (Å²) in [5, 5.41) is 10.3. The Hall–Kier alpha value is -1.42. The van der Waals surface area contributed by atoms with E-state index in [0.717, 1.165) is 12.8 Å². The normalized spacial score (nSPS) is 10.3. The SMILES string of the molecule is CCCCc1cc(C)c(C(=O)Cl)cc1[N+](=O)[O-]. The second-order valence-electron chi connectivity index (χ2n) is 3.93. The molecule has 0 atom stereocenters. The number of nitro groups is 1. The average Bonchev–Trinajstić information content (AvgIpc) is 2.25. The summed E-state index contributed by atoms with van der Waals surface area (Å²) in [7, 11) is 0. The van der Waals surface area contributed by atoms with Crippen molar-refractivity contribution < 1.29 is 9.72 Å². The van der Waals surface area contributed by atoms with Crippen molar-refractivity contribution in [3.05, 3.63) is 38.9 Å². The Bertz CT molecular complexity index is 457. The van der Waals surface area contributed by atoms with Crippen molar-refractivity contribution in [1.82, 2.24) is 0 Å². The van der Waals surface area contributed by atoms with Crippen LogP contribution in [0, 0.1) is 17.0 Å². The van der Waals surface area contributed by atoms with Crippen LogP contribution in [0.3, 0.4) is 0 Å². The van der Waals surface area contributed by atoms with Crippen molar-refractivity contribution in [2.75, 3.05) is 0 Å². The van der Waals surface area contributed by atoms with Crippen LogP contribution in [0.4, 0.5) is 5.69 Å². The van der Waals surface area contributed by atoms with Crippen LogP contribution >= 0.6 is 11.6 Å². The molecule has 0 heterocycles. The van der Waals surface area contributed by atoms with Gasteiger partial charge in [0.05, 0.1) is 4.92 Å². The van der Waals surface area contributed by atoms with E-state index in [1.54, 1.807) is 13.0 Å². The third-order valence-corrected chi connectivity index (χ3v) is 2.84. The fourth-order valence-corrected chi connectivity index (χ4v) is 1.91. The first-order valence-electron chi connectivity index (χ1n) is 5.45. The van der Waals surface area contributed by atoms with Gasteiger partial charge < -0.3 is 0 Å². The van der Waals surface area contributed by atoms with Gasteiger partial charge in [0.1, 0.15) is 0 Å². The summed E-state index contributed by atoms with van der Waals surface area (Å²) < 4.78 is 0. The average molecular weight is 256 g/mol. The van der Waals surface area contributed by atoms with E-state index in [1.165, 1.54) is 6.07 Å². The molecule has 0 amide bonds. The zero-order valence-electron chi connectivity index (χ0n) is 9.83. The molecule has 0 spiro atoms. The summed E-state index contributed by atoms with van der Waals surface area (Å²) in [5.74, 6) is 0. The van der Waals surface area contributed by atoms with E-state index in [4.69, 9.17) is 11.6 Å². The summed E-state index contributed by atoms with van der Waals surface area (Å²) in [6, 6.07) is 2.96. The second kappa shape index (κ2) is 5.77. The Morgan fingerprint density at radius 3 is 2.59 bits per heavy atom. The molecular weight excluding hydrogens is 242 g/mol. The minimum Gasteiger partial charge on any atom is -0.276 e. The fourth-order valence-electron chi connectivity index (χ4n) is 1.71. The Morgan fingerprint density at radius 1 is 1.47 bits per heavy atom. The molecule has 4 nitrogen and oxygen atoms in total. The van der Waals surface area contributed by atoms with Gasteiger partial charge in [-0.15, -0.1) is 0 Å². The third kappa shape index (κ3) is 3.27. The number of carbonyl (C=O) groups excluding carboxylic acids is 1. The molecular formula is C12H14ClNO3. The summed E-state index contributed by atoms with van der Waals surface area (Å²) in [6.45, 7) is 3.75. The van der Waals surface area contributed by atoms with E-state index in [1.807, 2.05) is 6.92 Å². The second-order valence-corrected chi connectivity index (χ2v) is 4.27. The summed E-state index contributed by atoms with van der Waals surface area (Å²) >= 11 is 5.38. The van der Waals surface area contributed by atoms with Crippen LogP contribution in [0.2, 0.25) is 0 Å². The van der Waals surface area contributed by atoms with Crippen LogP contribution in [0.5, 0.6) is 0 Å². The number of nitro benzene ring substituents is 1. The van der Waals surface area contributed by atoms with E-state index in [-0.39, 0.29) is 11.3 Å². The molecule has 0 unspecified atom stereocenters. The van der Waals surface area contributed by atoms with Gasteiger partial charge in [-0.3, -0.25) is 14.9 Å². The van der Waals surface area contributed by atoms with E-state index >= 15 is 0 Å². The van der Waals surface area contributed by atoms with E-state index in [0.29, 0.717) is 17.5 Å². The van der Waals surface area contributed by atoms with Gasteiger partial charge in [0.15, 0.2) is 0 Å². The molecule has 1 aromatic rings. The topological polar surface area (TPSA) is 60.2 Å². The standard InChI is InChI=1S/C12H14ClNO3/c1-3-4-5-9-6-8(2)10(12(13)15)7-11(9)14(16)17/h6-7H,3-5H2,1-2H3. The molecule has 92 valence electrons. The molecule has 0 saturated heterocycles. The smallest absolute Gasteiger partial charge is 0.273 e. The van der Waals surface area contributed by atoms with Crippen molar-refractivity contribution in [1.29, 1.82) is 0 Å². The first-order chi connectivity index (χ1) is 7.97. The summed E-state index contributed by atoms with van der Waals surface area (Å²) in [4.78, 5) is 21.6. The maximum atomic E-state index is 11.1. The molecule has 0 aliphatic rings. The van der Waals surface area contributed by atoms with Gasteiger partial charge in [0.25, 0.3) is 10.9 Å². The molecule has 1 aromatic carbocycles. The predicted octanol–water partition coefficient (Wildman–Crippen LogP) is 3.62. The quantitative estimate of drug-likeness (QED) is 0.459. The van der Waals surface area contributed by atoms with Crippen molar-refractivity contribution in [3.63, 3.8) is 0 Å². The number of benzene rings is 1. The molecule has 0 radical (unpaired) electrons. The van der Waals surface area contributed by atoms with Crippen molar-refractivity contribution in [2.24, 2.45) is 0 Å². The van der Waals surface area contributed by atoms with Crippen LogP contribution in [0.1, 0.15) is 41.3 Å². The lowest BCUT2D eigenvalue weighted by molar-refractivity contribution is -0.385. The number of hydrogen-bond acceptors (Lipinski definition) is 3. The Labute approximate surface area is 105 Å². The molecule has 0 aliphatic carbocycles. The molecule has 0 bridgehead atoms. The van der Waals surface area contributed by atoms with Crippen LogP contribution < -0.4 is 0 Å². The van der Waals surface area contributed by atoms with Crippen molar-refractivity contribution >= 4 is 22.5 Å². The van der Waals surface area contributed by atoms with Gasteiger partial charge in [0.2, 0.25) is 0 Å². The van der Waals surface area contributed by atoms with E-state index in [9.17, 15) is 14.9 Å². The maximum Gasteiger partial charge on any atom is 0.273 e. The highest BCUT2D eigenvalue weighted by atomic mass is 35.5. The number of carbonyl (C=O) groups is 1. The monoisotopic (exact) mass is 255 g/mol. The number of halogens is 1. The predicted molar refractivity (Wildman–Crippen MR) is 66.6 cm³/mol. The van der Waals surface area contributed by atoms with Gasteiger partial charge in [-0.25, -0.2) is 0 Å². The highest BCUT2D eigenvalue weighted by molar-refractivity contribution is 6.68. The van der Waals surface area contributed by atoms with Crippen LogP contribution in [0.15, 0.2) is 12.1 Å². The molecule has 0 aliphatic heterocycles. The lowest BCUT2D eigenvalue weighted by atomic mass is 10.00. The number of rotatable bonds is 5. The minimum atomic E-state index is -0.660. The lowest BCUT2D eigenvalue weighted by Crippen LogP contribution is -2.01. The van der Waals surface area contributed by atoms with E-state index in [2.05, 4.69) is 0 Å². The summed E-state index contributed by atoms with van der Waals surface area (Å²) in [5.41, 5.74) is 1.53. The Kier molecular flexibility index (Phi) is 4.63. The molecule has 0 N–H and O–H groups in total. The highest BCUT2D eigenvalue weighted by Crippen LogP contribution is 2.26. The van der Waals surface area contributed by atoms with Crippen molar-refractivity contribution in [2.45, 2.75) is 33.1 Å². The molecule has 0 saturated carbocycles. The first-order valence-corrected chi connectivity index (χ1v) is 5.83. The minimum absolute atomic E-state index is 0.0203. The lowest BCUT2D eigenvalue weighted by Gasteiger charge is -2.06. The number of hydrogen-bond donors (Lipinski definition) is 0. The maximum absolute atomic E-state index is 11.1. The highest BCUT2D eigenvalue weighted by Gasteiger charge is 2.18.